The average Bonchev–Trinajstić information content (AvgIpc) is 2.26. The molecule has 6 nitrogen and oxygen atoms in total. The molecule has 0 aromatic carbocycles. The first-order chi connectivity index (χ1) is 5.83. The lowest BCUT2D eigenvalue weighted by molar-refractivity contribution is -0.146. The highest BCUT2D eigenvalue weighted by atomic mass is 32.3. The van der Waals surface area contributed by atoms with E-state index in [-0.39, 0.29) is 5.92 Å². The molecular formula is C6H10O6S. The van der Waals surface area contributed by atoms with Crippen LogP contribution in [0.15, 0.2) is 0 Å². The van der Waals surface area contributed by atoms with E-state index in [4.69, 9.17) is 5.11 Å². The van der Waals surface area contributed by atoms with E-state index in [0.29, 0.717) is 0 Å². The zero-order valence-electron chi connectivity index (χ0n) is 7.13. The van der Waals surface area contributed by atoms with E-state index in [1.807, 2.05) is 0 Å². The lowest BCUT2D eigenvalue weighted by Gasteiger charge is -2.13. The SMILES string of the molecule is CC(C)[C@@H]1OS(=O)(=O)OC1C(=O)O. The van der Waals surface area contributed by atoms with Crippen LogP contribution in [0.4, 0.5) is 0 Å². The Morgan fingerprint density at radius 2 is 1.92 bits per heavy atom. The van der Waals surface area contributed by atoms with Crippen LogP contribution in [0.25, 0.3) is 0 Å². The number of rotatable bonds is 2. The van der Waals surface area contributed by atoms with Crippen LogP contribution in [0.3, 0.4) is 0 Å². The van der Waals surface area contributed by atoms with Gasteiger partial charge in [0.2, 0.25) is 6.10 Å². The van der Waals surface area contributed by atoms with E-state index < -0.39 is 28.6 Å². The molecule has 76 valence electrons. The highest BCUT2D eigenvalue weighted by Gasteiger charge is 2.46. The van der Waals surface area contributed by atoms with E-state index in [9.17, 15) is 13.2 Å². The van der Waals surface area contributed by atoms with Gasteiger partial charge < -0.3 is 5.11 Å². The second kappa shape index (κ2) is 3.24. The highest BCUT2D eigenvalue weighted by molar-refractivity contribution is 7.82. The zero-order chi connectivity index (χ0) is 10.2. The predicted molar refractivity (Wildman–Crippen MR) is 41.1 cm³/mol. The molecule has 0 bridgehead atoms. The number of aliphatic carboxylic acids is 1. The Kier molecular flexibility index (Phi) is 2.60. The van der Waals surface area contributed by atoms with Crippen LogP contribution in [0.5, 0.6) is 0 Å². The molecule has 1 unspecified atom stereocenters. The molecule has 1 rings (SSSR count). The van der Waals surface area contributed by atoms with Crippen molar-refractivity contribution in [3.63, 3.8) is 0 Å². The van der Waals surface area contributed by atoms with Crippen LogP contribution in [-0.4, -0.2) is 31.7 Å². The fourth-order valence-corrected chi connectivity index (χ4v) is 2.12. The largest absolute Gasteiger partial charge is 0.479 e. The van der Waals surface area contributed by atoms with E-state index in [1.165, 1.54) is 0 Å². The summed E-state index contributed by atoms with van der Waals surface area (Å²) in [7, 11) is -4.12. The highest BCUT2D eigenvalue weighted by Crippen LogP contribution is 2.26. The lowest BCUT2D eigenvalue weighted by Crippen LogP contribution is -2.34. The summed E-state index contributed by atoms with van der Waals surface area (Å²) in [5.41, 5.74) is 0. The Morgan fingerprint density at radius 1 is 1.38 bits per heavy atom. The van der Waals surface area contributed by atoms with Crippen molar-refractivity contribution in [2.75, 3.05) is 0 Å². The average molecular weight is 210 g/mol. The van der Waals surface area contributed by atoms with Gasteiger partial charge in [0.1, 0.15) is 6.10 Å². The molecule has 2 atom stereocenters. The summed E-state index contributed by atoms with van der Waals surface area (Å²) in [6.07, 6.45) is -2.37. The van der Waals surface area contributed by atoms with Crippen LogP contribution in [0.1, 0.15) is 13.8 Å². The number of carboxylic acid groups (broad SMARTS) is 1. The van der Waals surface area contributed by atoms with Crippen LogP contribution in [-0.2, 0) is 23.6 Å². The Morgan fingerprint density at radius 3 is 2.23 bits per heavy atom. The topological polar surface area (TPSA) is 89.9 Å². The molecule has 1 saturated heterocycles. The molecule has 0 radical (unpaired) electrons. The summed E-state index contributed by atoms with van der Waals surface area (Å²) in [5.74, 6) is -1.57. The van der Waals surface area contributed by atoms with E-state index in [0.717, 1.165) is 0 Å². The Hall–Kier alpha value is -0.660. The molecule has 0 amide bonds. The molecule has 0 aromatic rings. The molecule has 0 saturated carbocycles. The molecule has 1 aliphatic rings. The smallest absolute Gasteiger partial charge is 0.401 e. The summed E-state index contributed by atoms with van der Waals surface area (Å²) in [5, 5.41) is 8.60. The van der Waals surface area contributed by atoms with E-state index in [2.05, 4.69) is 8.37 Å². The molecule has 1 aliphatic heterocycles. The molecule has 7 heteroatoms. The maximum Gasteiger partial charge on any atom is 0.401 e. The maximum atomic E-state index is 10.8. The Labute approximate surface area is 75.8 Å². The molecule has 13 heavy (non-hydrogen) atoms. The zero-order valence-corrected chi connectivity index (χ0v) is 7.95. The molecule has 0 spiro atoms. The van der Waals surface area contributed by atoms with Crippen molar-refractivity contribution in [2.24, 2.45) is 5.92 Å². The predicted octanol–water partition coefficient (Wildman–Crippen LogP) is -0.244. The third-order valence-electron chi connectivity index (χ3n) is 1.65. The molecule has 1 fully saturated rings. The Balaban J connectivity index is 2.90. The Bertz CT molecular complexity index is 305. The van der Waals surface area contributed by atoms with Gasteiger partial charge in [0.05, 0.1) is 0 Å². The number of carbonyl (C=O) groups is 1. The standard InChI is InChI=1S/C6H10O6S/c1-3(2)4-5(6(7)8)12-13(9,10)11-4/h3-5H,1-2H3,(H,7,8)/t4-,5?/m0/s1. The van der Waals surface area contributed by atoms with Gasteiger partial charge >= 0.3 is 16.4 Å². The normalized spacial score (nSPS) is 32.2. The lowest BCUT2D eigenvalue weighted by atomic mass is 10.0. The molecular weight excluding hydrogens is 200 g/mol. The first-order valence-electron chi connectivity index (χ1n) is 3.68. The van der Waals surface area contributed by atoms with Crippen molar-refractivity contribution < 1.29 is 26.7 Å². The second-order valence-electron chi connectivity index (χ2n) is 3.07. The first-order valence-corrected chi connectivity index (χ1v) is 5.01. The third-order valence-corrected chi connectivity index (χ3v) is 2.55. The van der Waals surface area contributed by atoms with Crippen molar-refractivity contribution in [1.82, 2.24) is 0 Å². The number of hydrogen-bond acceptors (Lipinski definition) is 5. The van der Waals surface area contributed by atoms with Crippen LogP contribution < -0.4 is 0 Å². The van der Waals surface area contributed by atoms with Gasteiger partial charge in [0.25, 0.3) is 0 Å². The first kappa shape index (κ1) is 10.4. The van der Waals surface area contributed by atoms with Gasteiger partial charge in [-0.1, -0.05) is 13.8 Å². The molecule has 1 heterocycles. The van der Waals surface area contributed by atoms with Crippen molar-refractivity contribution >= 4 is 16.4 Å². The van der Waals surface area contributed by atoms with Crippen molar-refractivity contribution in [3.05, 3.63) is 0 Å². The van der Waals surface area contributed by atoms with Gasteiger partial charge in [-0.15, -0.1) is 0 Å². The summed E-state index contributed by atoms with van der Waals surface area (Å²) in [6, 6.07) is 0. The monoisotopic (exact) mass is 210 g/mol. The van der Waals surface area contributed by atoms with Gasteiger partial charge in [0, 0.05) is 0 Å². The van der Waals surface area contributed by atoms with Gasteiger partial charge in [0.15, 0.2) is 0 Å². The number of carboxylic acids is 1. The van der Waals surface area contributed by atoms with Gasteiger partial charge in [-0.2, -0.15) is 8.42 Å². The molecule has 1 N–H and O–H groups in total. The van der Waals surface area contributed by atoms with Crippen LogP contribution in [0, 0.1) is 5.92 Å². The summed E-state index contributed by atoms with van der Waals surface area (Å²) < 4.78 is 30.2. The minimum Gasteiger partial charge on any atom is -0.479 e. The van der Waals surface area contributed by atoms with Gasteiger partial charge in [-0.25, -0.2) is 13.2 Å². The van der Waals surface area contributed by atoms with Crippen molar-refractivity contribution in [1.29, 1.82) is 0 Å². The van der Waals surface area contributed by atoms with E-state index >= 15 is 0 Å². The molecule has 0 aromatic heterocycles. The second-order valence-corrected chi connectivity index (χ2v) is 4.27. The number of hydrogen-bond donors (Lipinski definition) is 1. The molecule has 0 aliphatic carbocycles. The van der Waals surface area contributed by atoms with Crippen molar-refractivity contribution in [2.45, 2.75) is 26.1 Å². The van der Waals surface area contributed by atoms with Crippen molar-refractivity contribution in [3.8, 4) is 0 Å². The van der Waals surface area contributed by atoms with Gasteiger partial charge in [-0.3, -0.25) is 0 Å². The maximum absolute atomic E-state index is 10.8. The third kappa shape index (κ3) is 2.17. The van der Waals surface area contributed by atoms with E-state index in [1.54, 1.807) is 13.8 Å². The quantitative estimate of drug-likeness (QED) is 0.676. The van der Waals surface area contributed by atoms with Gasteiger partial charge in [-0.05, 0) is 5.92 Å². The fourth-order valence-electron chi connectivity index (χ4n) is 1.03. The summed E-state index contributed by atoms with van der Waals surface area (Å²) >= 11 is 0. The fraction of sp³-hybridized carbons (Fsp3) is 0.833. The minimum atomic E-state index is -4.12. The van der Waals surface area contributed by atoms with Crippen LogP contribution >= 0.6 is 0 Å². The minimum absolute atomic E-state index is 0.238. The summed E-state index contributed by atoms with van der Waals surface area (Å²) in [6.45, 7) is 3.32. The van der Waals surface area contributed by atoms with Crippen LogP contribution in [0.2, 0.25) is 0 Å². The summed E-state index contributed by atoms with van der Waals surface area (Å²) in [4.78, 5) is 10.5.